The summed E-state index contributed by atoms with van der Waals surface area (Å²) in [4.78, 5) is 14.1. The molecule has 1 amide bonds. The lowest BCUT2D eigenvalue weighted by atomic mass is 10.1. The van der Waals surface area contributed by atoms with Gasteiger partial charge in [0.15, 0.2) is 9.84 Å². The Morgan fingerprint density at radius 3 is 2.65 bits per heavy atom. The Hall–Kier alpha value is -0.780. The Labute approximate surface area is 128 Å². The van der Waals surface area contributed by atoms with Crippen LogP contribution in [0.15, 0.2) is 18.2 Å². The van der Waals surface area contributed by atoms with E-state index in [2.05, 4.69) is 0 Å². The highest BCUT2D eigenvalue weighted by Gasteiger charge is 2.34. The van der Waals surface area contributed by atoms with Crippen molar-refractivity contribution in [2.75, 3.05) is 18.1 Å². The van der Waals surface area contributed by atoms with Gasteiger partial charge in [-0.1, -0.05) is 23.2 Å². The fourth-order valence-corrected chi connectivity index (χ4v) is 4.51. The van der Waals surface area contributed by atoms with Gasteiger partial charge in [-0.15, -0.1) is 0 Å². The topological polar surface area (TPSA) is 54.5 Å². The van der Waals surface area contributed by atoms with Crippen LogP contribution < -0.4 is 0 Å². The Bertz CT molecular complexity index is 631. The van der Waals surface area contributed by atoms with E-state index in [0.29, 0.717) is 28.6 Å². The molecule has 0 saturated carbocycles. The SMILES string of the molecule is CCN(C(=O)c1cc(Cl)ccc1Cl)[C@@H]1CCS(=O)(=O)C1. The molecule has 1 fully saturated rings. The van der Waals surface area contributed by atoms with Crippen LogP contribution in [-0.2, 0) is 9.84 Å². The first-order valence-corrected chi connectivity index (χ1v) is 8.88. The zero-order valence-corrected chi connectivity index (χ0v) is 13.3. The van der Waals surface area contributed by atoms with E-state index in [4.69, 9.17) is 23.2 Å². The fraction of sp³-hybridized carbons (Fsp3) is 0.462. The summed E-state index contributed by atoms with van der Waals surface area (Å²) in [5, 5.41) is 0.742. The molecule has 0 aliphatic carbocycles. The number of rotatable bonds is 3. The lowest BCUT2D eigenvalue weighted by molar-refractivity contribution is 0.0708. The van der Waals surface area contributed by atoms with Gasteiger partial charge in [-0.25, -0.2) is 8.42 Å². The maximum absolute atomic E-state index is 12.5. The molecular formula is C13H15Cl2NO3S. The second kappa shape index (κ2) is 5.92. The molecule has 0 spiro atoms. The van der Waals surface area contributed by atoms with Crippen LogP contribution in [0.4, 0.5) is 0 Å². The minimum atomic E-state index is -3.04. The number of hydrogen-bond donors (Lipinski definition) is 0. The molecule has 0 radical (unpaired) electrons. The van der Waals surface area contributed by atoms with Crippen molar-refractivity contribution in [3.8, 4) is 0 Å². The molecule has 2 rings (SSSR count). The molecule has 0 unspecified atom stereocenters. The van der Waals surface area contributed by atoms with Crippen LogP contribution in [0.5, 0.6) is 0 Å². The largest absolute Gasteiger partial charge is 0.335 e. The van der Waals surface area contributed by atoms with Gasteiger partial charge in [0.1, 0.15) is 0 Å². The van der Waals surface area contributed by atoms with Crippen molar-refractivity contribution in [1.82, 2.24) is 4.90 Å². The number of carbonyl (C=O) groups excluding carboxylic acids is 1. The molecule has 1 saturated heterocycles. The normalized spacial score (nSPS) is 20.9. The van der Waals surface area contributed by atoms with Crippen molar-refractivity contribution in [1.29, 1.82) is 0 Å². The molecule has 20 heavy (non-hydrogen) atoms. The molecule has 1 atom stereocenters. The van der Waals surface area contributed by atoms with Crippen LogP contribution in [0.2, 0.25) is 10.0 Å². The second-order valence-corrected chi connectivity index (χ2v) is 7.84. The number of hydrogen-bond acceptors (Lipinski definition) is 3. The number of amides is 1. The number of nitrogens with zero attached hydrogens (tertiary/aromatic N) is 1. The Morgan fingerprint density at radius 1 is 1.40 bits per heavy atom. The van der Waals surface area contributed by atoms with Gasteiger partial charge in [-0.3, -0.25) is 4.79 Å². The summed E-state index contributed by atoms with van der Waals surface area (Å²) in [6.07, 6.45) is 0.472. The summed E-state index contributed by atoms with van der Waals surface area (Å²) in [5.74, 6) is -0.128. The third-order valence-corrected chi connectivity index (χ3v) is 5.72. The highest BCUT2D eigenvalue weighted by molar-refractivity contribution is 7.91. The molecule has 1 heterocycles. The van der Waals surface area contributed by atoms with Crippen molar-refractivity contribution >= 4 is 38.9 Å². The average molecular weight is 336 g/mol. The monoisotopic (exact) mass is 335 g/mol. The molecule has 0 N–H and O–H groups in total. The van der Waals surface area contributed by atoms with E-state index >= 15 is 0 Å². The molecule has 1 aromatic carbocycles. The predicted octanol–water partition coefficient (Wildman–Crippen LogP) is 2.64. The lowest BCUT2D eigenvalue weighted by Crippen LogP contribution is -2.41. The molecule has 4 nitrogen and oxygen atoms in total. The first-order chi connectivity index (χ1) is 9.34. The van der Waals surface area contributed by atoms with Crippen LogP contribution >= 0.6 is 23.2 Å². The molecule has 110 valence electrons. The van der Waals surface area contributed by atoms with Crippen molar-refractivity contribution in [2.45, 2.75) is 19.4 Å². The Morgan fingerprint density at radius 2 is 2.10 bits per heavy atom. The van der Waals surface area contributed by atoms with Gasteiger partial charge >= 0.3 is 0 Å². The lowest BCUT2D eigenvalue weighted by Gasteiger charge is -2.27. The quantitative estimate of drug-likeness (QED) is 0.853. The Kier molecular flexibility index (Phi) is 4.62. The van der Waals surface area contributed by atoms with Crippen molar-refractivity contribution in [3.05, 3.63) is 33.8 Å². The Balaban J connectivity index is 2.28. The predicted molar refractivity (Wildman–Crippen MR) is 80.2 cm³/mol. The van der Waals surface area contributed by atoms with E-state index in [1.807, 2.05) is 6.92 Å². The minimum Gasteiger partial charge on any atom is -0.335 e. The second-order valence-electron chi connectivity index (χ2n) is 4.77. The fourth-order valence-electron chi connectivity index (χ4n) is 2.40. The maximum Gasteiger partial charge on any atom is 0.255 e. The van der Waals surface area contributed by atoms with Gasteiger partial charge in [0.05, 0.1) is 22.1 Å². The van der Waals surface area contributed by atoms with Crippen molar-refractivity contribution in [3.63, 3.8) is 0 Å². The third-order valence-electron chi connectivity index (χ3n) is 3.41. The van der Waals surface area contributed by atoms with E-state index in [-0.39, 0.29) is 23.5 Å². The van der Waals surface area contributed by atoms with Gasteiger partial charge in [0.2, 0.25) is 0 Å². The number of sulfone groups is 1. The van der Waals surface area contributed by atoms with Crippen LogP contribution in [0.1, 0.15) is 23.7 Å². The zero-order chi connectivity index (χ0) is 14.9. The summed E-state index contributed by atoms with van der Waals surface area (Å²) in [7, 11) is -3.04. The number of halogens is 2. The summed E-state index contributed by atoms with van der Waals surface area (Å²) in [6, 6.07) is 4.40. The van der Waals surface area contributed by atoms with E-state index in [9.17, 15) is 13.2 Å². The van der Waals surface area contributed by atoms with Crippen LogP contribution in [0, 0.1) is 0 Å². The molecule has 0 bridgehead atoms. The van der Waals surface area contributed by atoms with Crippen molar-refractivity contribution < 1.29 is 13.2 Å². The first kappa shape index (κ1) is 15.6. The van der Waals surface area contributed by atoms with Crippen LogP contribution in [0.3, 0.4) is 0 Å². The van der Waals surface area contributed by atoms with Gasteiger partial charge < -0.3 is 4.90 Å². The molecule has 1 aromatic rings. The van der Waals surface area contributed by atoms with Crippen LogP contribution in [-0.4, -0.2) is 43.3 Å². The summed E-state index contributed by atoms with van der Waals surface area (Å²) < 4.78 is 23.1. The molecule has 1 aliphatic rings. The first-order valence-electron chi connectivity index (χ1n) is 6.30. The highest BCUT2D eigenvalue weighted by atomic mass is 35.5. The number of benzene rings is 1. The smallest absolute Gasteiger partial charge is 0.255 e. The van der Waals surface area contributed by atoms with E-state index in [1.54, 1.807) is 17.0 Å². The van der Waals surface area contributed by atoms with E-state index in [0.717, 1.165) is 0 Å². The highest BCUT2D eigenvalue weighted by Crippen LogP contribution is 2.25. The van der Waals surface area contributed by atoms with E-state index in [1.165, 1.54) is 6.07 Å². The van der Waals surface area contributed by atoms with Gasteiger partial charge in [0, 0.05) is 17.6 Å². The number of carbonyl (C=O) groups is 1. The summed E-state index contributed by atoms with van der Waals surface area (Å²) in [5.41, 5.74) is 0.310. The van der Waals surface area contributed by atoms with Crippen LogP contribution in [0.25, 0.3) is 0 Å². The molecule has 1 aliphatic heterocycles. The molecule has 7 heteroatoms. The summed E-state index contributed by atoms with van der Waals surface area (Å²) >= 11 is 11.9. The van der Waals surface area contributed by atoms with Gasteiger partial charge in [-0.2, -0.15) is 0 Å². The molecular weight excluding hydrogens is 321 g/mol. The molecule has 0 aromatic heterocycles. The van der Waals surface area contributed by atoms with Crippen molar-refractivity contribution in [2.24, 2.45) is 0 Å². The average Bonchev–Trinajstić information content (AvgIpc) is 2.73. The summed E-state index contributed by atoms with van der Waals surface area (Å²) in [6.45, 7) is 2.25. The standard InChI is InChI=1S/C13H15Cl2NO3S/c1-2-16(10-5-6-20(18,19)8-10)13(17)11-7-9(14)3-4-12(11)15/h3-4,7,10H,2,5-6,8H2,1H3/t10-/m1/s1. The van der Waals surface area contributed by atoms with Gasteiger partial charge in [0.25, 0.3) is 5.91 Å². The third kappa shape index (κ3) is 3.27. The maximum atomic E-state index is 12.5. The minimum absolute atomic E-state index is 0.0186. The van der Waals surface area contributed by atoms with Gasteiger partial charge in [-0.05, 0) is 31.5 Å². The zero-order valence-electron chi connectivity index (χ0n) is 11.0. The van der Waals surface area contributed by atoms with E-state index < -0.39 is 9.84 Å².